The number of hydrogen-bond acceptors (Lipinski definition) is 4. The van der Waals surface area contributed by atoms with Crippen molar-refractivity contribution in [1.82, 2.24) is 33.7 Å². The van der Waals surface area contributed by atoms with E-state index < -0.39 is 0 Å². The Morgan fingerprint density at radius 1 is 0.755 bits per heavy atom. The topological polar surface area (TPSA) is 69.9 Å². The van der Waals surface area contributed by atoms with Crippen LogP contribution in [0.4, 0.5) is 4.79 Å². The van der Waals surface area contributed by atoms with Crippen LogP contribution in [0.15, 0.2) is 91.6 Å². The maximum atomic E-state index is 14.1. The van der Waals surface area contributed by atoms with Gasteiger partial charge in [0.15, 0.2) is 0 Å². The Bertz CT molecular complexity index is 1960. The molecule has 49 heavy (non-hydrogen) atoms. The van der Waals surface area contributed by atoms with E-state index in [0.29, 0.717) is 19.0 Å². The molecule has 252 valence electrons. The van der Waals surface area contributed by atoms with Crippen molar-refractivity contribution in [2.24, 2.45) is 5.92 Å². The number of amides is 3. The molecule has 2 saturated heterocycles. The van der Waals surface area contributed by atoms with Crippen molar-refractivity contribution in [3.8, 4) is 11.1 Å². The van der Waals surface area contributed by atoms with Crippen molar-refractivity contribution < 1.29 is 9.59 Å². The van der Waals surface area contributed by atoms with E-state index >= 15 is 0 Å². The number of carbonyl (C=O) groups excluding carboxylic acids is 2. The third kappa shape index (κ3) is 6.47. The molecule has 0 unspecified atom stereocenters. The molecule has 9 nitrogen and oxygen atoms in total. The molecule has 0 saturated carbocycles. The Hall–Kier alpha value is -4.89. The van der Waals surface area contributed by atoms with Crippen LogP contribution < -0.4 is 0 Å². The number of rotatable bonds is 6. The molecule has 3 amide bonds. The van der Waals surface area contributed by atoms with E-state index in [0.717, 1.165) is 105 Å². The van der Waals surface area contributed by atoms with Crippen molar-refractivity contribution in [2.75, 3.05) is 52.9 Å². The number of likely N-dealkylation sites (tertiary alicyclic amines) is 1. The van der Waals surface area contributed by atoms with Crippen molar-refractivity contribution in [3.63, 3.8) is 0 Å². The number of likely N-dealkylation sites (N-methyl/N-ethyl adjacent to an activating group) is 1. The molecule has 0 bridgehead atoms. The van der Waals surface area contributed by atoms with Gasteiger partial charge in [0.2, 0.25) is 0 Å². The Morgan fingerprint density at radius 3 is 2.35 bits per heavy atom. The summed E-state index contributed by atoms with van der Waals surface area (Å²) >= 11 is 0. The predicted octanol–water partition coefficient (Wildman–Crippen LogP) is 5.83. The highest BCUT2D eigenvalue weighted by Crippen LogP contribution is 2.33. The minimum atomic E-state index is 0.0957. The number of nitrogens with zero attached hydrogens (tertiary/aromatic N) is 7. The summed E-state index contributed by atoms with van der Waals surface area (Å²) in [5.74, 6) is 0.572. The summed E-state index contributed by atoms with van der Waals surface area (Å²) < 4.78 is 4.43. The summed E-state index contributed by atoms with van der Waals surface area (Å²) in [5, 5.41) is 2.31. The molecular weight excluding hydrogens is 610 g/mol. The Labute approximate surface area is 288 Å². The summed E-state index contributed by atoms with van der Waals surface area (Å²) in [5.41, 5.74) is 6.56. The van der Waals surface area contributed by atoms with E-state index in [-0.39, 0.29) is 11.9 Å². The molecular formula is C40H45N7O2. The highest BCUT2D eigenvalue weighted by atomic mass is 16.2. The summed E-state index contributed by atoms with van der Waals surface area (Å²) in [7, 11) is 2.11. The van der Waals surface area contributed by atoms with Gasteiger partial charge in [-0.25, -0.2) is 9.78 Å². The minimum Gasteiger partial charge on any atom is -0.347 e. The number of hydrogen-bond donors (Lipinski definition) is 0. The quantitative estimate of drug-likeness (QED) is 0.231. The van der Waals surface area contributed by atoms with E-state index in [4.69, 9.17) is 0 Å². The van der Waals surface area contributed by atoms with E-state index in [2.05, 4.69) is 99.0 Å². The van der Waals surface area contributed by atoms with Crippen LogP contribution in [0.5, 0.6) is 0 Å². The van der Waals surface area contributed by atoms with Crippen LogP contribution in [0, 0.1) is 5.92 Å². The molecule has 0 spiro atoms. The van der Waals surface area contributed by atoms with Crippen molar-refractivity contribution >= 4 is 22.7 Å². The van der Waals surface area contributed by atoms with E-state index in [1.54, 1.807) is 0 Å². The largest absolute Gasteiger partial charge is 0.347 e. The van der Waals surface area contributed by atoms with E-state index in [1.165, 1.54) is 11.1 Å². The lowest BCUT2D eigenvalue weighted by Gasteiger charge is -2.37. The average Bonchev–Trinajstić information content (AvgIpc) is 3.77. The van der Waals surface area contributed by atoms with Gasteiger partial charge in [-0.1, -0.05) is 66.7 Å². The number of urea groups is 1. The van der Waals surface area contributed by atoms with Crippen LogP contribution in [0.3, 0.4) is 0 Å². The number of benzene rings is 3. The third-order valence-corrected chi connectivity index (χ3v) is 10.9. The molecule has 3 aliphatic heterocycles. The highest BCUT2D eigenvalue weighted by molar-refractivity contribution is 6.06. The Kier molecular flexibility index (Phi) is 8.68. The molecule has 9 heteroatoms. The fourth-order valence-electron chi connectivity index (χ4n) is 7.90. The fourth-order valence-corrected chi connectivity index (χ4v) is 7.90. The number of carbonyl (C=O) groups is 2. The zero-order valence-corrected chi connectivity index (χ0v) is 28.4. The molecule has 5 heterocycles. The monoisotopic (exact) mass is 655 g/mol. The first-order chi connectivity index (χ1) is 24.0. The van der Waals surface area contributed by atoms with Gasteiger partial charge in [-0.05, 0) is 59.7 Å². The zero-order chi connectivity index (χ0) is 33.3. The lowest BCUT2D eigenvalue weighted by molar-refractivity contribution is 0.0664. The second kappa shape index (κ2) is 13.6. The van der Waals surface area contributed by atoms with Gasteiger partial charge in [-0.2, -0.15) is 0 Å². The first-order valence-corrected chi connectivity index (χ1v) is 17.8. The van der Waals surface area contributed by atoms with Gasteiger partial charge < -0.3 is 28.7 Å². The minimum absolute atomic E-state index is 0.0957. The van der Waals surface area contributed by atoms with Crippen LogP contribution in [0.2, 0.25) is 0 Å². The van der Waals surface area contributed by atoms with Gasteiger partial charge in [0.25, 0.3) is 5.91 Å². The molecule has 0 radical (unpaired) electrons. The van der Waals surface area contributed by atoms with Gasteiger partial charge in [-0.15, -0.1) is 0 Å². The normalized spacial score (nSPS) is 17.4. The average molecular weight is 656 g/mol. The first-order valence-electron chi connectivity index (χ1n) is 17.8. The highest BCUT2D eigenvalue weighted by Gasteiger charge is 2.29. The Balaban J connectivity index is 0.968. The molecule has 5 aromatic rings. The number of piperazine rings is 1. The fraction of sp³-hybridized carbons (Fsp3) is 0.375. The van der Waals surface area contributed by atoms with Gasteiger partial charge in [0, 0.05) is 83.1 Å². The van der Waals surface area contributed by atoms with Crippen molar-refractivity contribution in [3.05, 3.63) is 114 Å². The van der Waals surface area contributed by atoms with Crippen LogP contribution in [0.1, 0.15) is 40.0 Å². The molecule has 0 aliphatic carbocycles. The van der Waals surface area contributed by atoms with Crippen molar-refractivity contribution in [1.29, 1.82) is 0 Å². The van der Waals surface area contributed by atoms with Gasteiger partial charge in [0.1, 0.15) is 0 Å². The van der Waals surface area contributed by atoms with Crippen LogP contribution in [0.25, 0.3) is 21.9 Å². The second-order valence-corrected chi connectivity index (χ2v) is 14.1. The molecule has 2 aromatic heterocycles. The van der Waals surface area contributed by atoms with Gasteiger partial charge in [-0.3, -0.25) is 4.79 Å². The summed E-state index contributed by atoms with van der Waals surface area (Å²) in [6.07, 6.45) is 11.0. The number of piperidine rings is 1. The predicted molar refractivity (Wildman–Crippen MR) is 192 cm³/mol. The lowest BCUT2D eigenvalue weighted by atomic mass is 9.96. The summed E-state index contributed by atoms with van der Waals surface area (Å²) in [6, 6.07) is 23.4. The Morgan fingerprint density at radius 2 is 1.51 bits per heavy atom. The van der Waals surface area contributed by atoms with E-state index in [9.17, 15) is 9.59 Å². The summed E-state index contributed by atoms with van der Waals surface area (Å²) in [6.45, 7) is 7.81. The standard InChI is InChI=1S/C40H45N7O2/c1-42-19-21-44(22-20-42)39(48)38-28-43(27-37(38)36-12-6-10-32-8-4-5-11-35(32)36)26-34-23-41-29-47(34)24-30-13-16-45(17-14-30)40(49)46-18-15-31-7-2-3-9-33(31)25-46/h2-12,23,27-30H,13-22,24-26H2,1H3. The number of imidazole rings is 1. The third-order valence-electron chi connectivity index (χ3n) is 10.9. The van der Waals surface area contributed by atoms with Crippen LogP contribution in [-0.2, 0) is 26.1 Å². The maximum Gasteiger partial charge on any atom is 0.320 e. The maximum absolute atomic E-state index is 14.1. The molecule has 3 aliphatic rings. The lowest BCUT2D eigenvalue weighted by Crippen LogP contribution is -2.48. The van der Waals surface area contributed by atoms with Crippen LogP contribution >= 0.6 is 0 Å². The number of fused-ring (bicyclic) bond motifs is 2. The molecule has 8 rings (SSSR count). The second-order valence-electron chi connectivity index (χ2n) is 14.1. The van der Waals surface area contributed by atoms with Gasteiger partial charge in [0.05, 0.1) is 24.1 Å². The molecule has 3 aromatic carbocycles. The zero-order valence-electron chi connectivity index (χ0n) is 28.4. The first kappa shape index (κ1) is 31.4. The molecule has 0 atom stereocenters. The van der Waals surface area contributed by atoms with E-state index in [1.807, 2.05) is 33.4 Å². The molecule has 2 fully saturated rings. The van der Waals surface area contributed by atoms with Crippen LogP contribution in [-0.4, -0.2) is 98.5 Å². The number of aromatic nitrogens is 3. The summed E-state index contributed by atoms with van der Waals surface area (Å²) in [4.78, 5) is 40.4. The van der Waals surface area contributed by atoms with Crippen molar-refractivity contribution in [2.45, 2.75) is 38.9 Å². The SMILES string of the molecule is CN1CCN(C(=O)c2cn(Cc3cncn3CC3CCN(C(=O)N4CCc5ccccc5C4)CC3)cc2-c2cccc3ccccc23)CC1. The smallest absolute Gasteiger partial charge is 0.320 e. The molecule has 0 N–H and O–H groups in total. The van der Waals surface area contributed by atoms with Gasteiger partial charge >= 0.3 is 6.03 Å².